The van der Waals surface area contributed by atoms with Crippen molar-refractivity contribution in [1.82, 2.24) is 4.13 Å². The lowest BCUT2D eigenvalue weighted by molar-refractivity contribution is 0.400. The summed E-state index contributed by atoms with van der Waals surface area (Å²) >= 11 is 0. The van der Waals surface area contributed by atoms with E-state index in [1.54, 1.807) is 16.3 Å². The van der Waals surface area contributed by atoms with Gasteiger partial charge in [-0.2, -0.15) is 0 Å². The van der Waals surface area contributed by atoms with Gasteiger partial charge in [-0.15, -0.1) is 4.13 Å². The SMILES string of the molecule is COc1ccc(Oc2ccc(S(=O)(=O)c3ccc(C)cc3)cc2)cc1S(=O)(=O)NS(C)(=O)=O. The zero-order valence-electron chi connectivity index (χ0n) is 17.8. The van der Waals surface area contributed by atoms with Crippen LogP contribution in [0.3, 0.4) is 0 Å². The van der Waals surface area contributed by atoms with Crippen molar-refractivity contribution in [1.29, 1.82) is 0 Å². The first-order chi connectivity index (χ1) is 15.3. The second kappa shape index (κ2) is 9.14. The van der Waals surface area contributed by atoms with Gasteiger partial charge in [-0.05, 0) is 55.5 Å². The first-order valence-corrected chi connectivity index (χ1v) is 14.2. The van der Waals surface area contributed by atoms with Gasteiger partial charge in [0.05, 0.1) is 23.2 Å². The van der Waals surface area contributed by atoms with E-state index in [0.29, 0.717) is 6.26 Å². The molecule has 9 nitrogen and oxygen atoms in total. The van der Waals surface area contributed by atoms with Crippen LogP contribution in [0.15, 0.2) is 81.4 Å². The normalized spacial score (nSPS) is 12.3. The summed E-state index contributed by atoms with van der Waals surface area (Å²) in [5.41, 5.74) is 0.935. The molecular weight excluding hydrogens is 490 g/mol. The molecule has 0 aromatic heterocycles. The molecule has 33 heavy (non-hydrogen) atoms. The van der Waals surface area contributed by atoms with Gasteiger partial charge < -0.3 is 9.47 Å². The molecule has 0 radical (unpaired) electrons. The number of nitrogens with one attached hydrogen (secondary N) is 1. The number of rotatable bonds is 8. The summed E-state index contributed by atoms with van der Waals surface area (Å²) in [5, 5.41) is 0. The van der Waals surface area contributed by atoms with Gasteiger partial charge in [0.25, 0.3) is 10.0 Å². The van der Waals surface area contributed by atoms with E-state index in [4.69, 9.17) is 9.47 Å². The first-order valence-electron chi connectivity index (χ1n) is 9.33. The van der Waals surface area contributed by atoms with Gasteiger partial charge >= 0.3 is 0 Å². The van der Waals surface area contributed by atoms with Gasteiger partial charge in [0.2, 0.25) is 19.9 Å². The fourth-order valence-electron chi connectivity index (χ4n) is 2.85. The van der Waals surface area contributed by atoms with Crippen LogP contribution in [-0.4, -0.2) is 38.6 Å². The van der Waals surface area contributed by atoms with Crippen LogP contribution in [0.1, 0.15) is 5.56 Å². The van der Waals surface area contributed by atoms with Crippen LogP contribution in [0.4, 0.5) is 0 Å². The Balaban J connectivity index is 1.89. The lowest BCUT2D eigenvalue weighted by Crippen LogP contribution is -2.29. The molecule has 0 saturated heterocycles. The topological polar surface area (TPSA) is 133 Å². The number of sulfone groups is 1. The summed E-state index contributed by atoms with van der Waals surface area (Å²) < 4.78 is 85.5. The monoisotopic (exact) mass is 511 g/mol. The predicted octanol–water partition coefficient (Wildman–Crippen LogP) is 2.87. The molecule has 0 bridgehead atoms. The smallest absolute Gasteiger partial charge is 0.257 e. The molecule has 176 valence electrons. The maximum absolute atomic E-state index is 12.8. The van der Waals surface area contributed by atoms with E-state index in [1.165, 1.54) is 55.6 Å². The molecule has 0 aliphatic rings. The Morgan fingerprint density at radius 1 is 0.727 bits per heavy atom. The summed E-state index contributed by atoms with van der Waals surface area (Å²) in [6.07, 6.45) is 0.712. The van der Waals surface area contributed by atoms with Crippen LogP contribution in [0.5, 0.6) is 17.2 Å². The third kappa shape index (κ3) is 5.90. The molecule has 0 heterocycles. The Labute approximate surface area is 193 Å². The lowest BCUT2D eigenvalue weighted by Gasteiger charge is -2.13. The molecule has 3 aromatic carbocycles. The van der Waals surface area contributed by atoms with Crippen LogP contribution in [0.2, 0.25) is 0 Å². The summed E-state index contributed by atoms with van der Waals surface area (Å²) in [6, 6.07) is 15.9. The van der Waals surface area contributed by atoms with Crippen LogP contribution in [-0.2, 0) is 29.9 Å². The Morgan fingerprint density at radius 3 is 1.76 bits per heavy atom. The van der Waals surface area contributed by atoms with Crippen LogP contribution in [0, 0.1) is 6.92 Å². The second-order valence-corrected chi connectivity index (χ2v) is 12.7. The van der Waals surface area contributed by atoms with Crippen LogP contribution in [0.25, 0.3) is 0 Å². The van der Waals surface area contributed by atoms with E-state index in [0.717, 1.165) is 11.6 Å². The summed E-state index contributed by atoms with van der Waals surface area (Å²) in [4.78, 5) is -0.217. The molecule has 3 rings (SSSR count). The van der Waals surface area contributed by atoms with Crippen molar-refractivity contribution in [3.63, 3.8) is 0 Å². The zero-order valence-corrected chi connectivity index (χ0v) is 20.3. The van der Waals surface area contributed by atoms with Gasteiger partial charge in [-0.25, -0.2) is 25.3 Å². The highest BCUT2D eigenvalue weighted by Crippen LogP contribution is 2.32. The average Bonchev–Trinajstić information content (AvgIpc) is 2.73. The van der Waals surface area contributed by atoms with Gasteiger partial charge in [0.15, 0.2) is 0 Å². The Morgan fingerprint density at radius 2 is 1.24 bits per heavy atom. The second-order valence-electron chi connectivity index (χ2n) is 7.06. The minimum absolute atomic E-state index is 0.0639. The van der Waals surface area contributed by atoms with Gasteiger partial charge in [-0.1, -0.05) is 17.7 Å². The van der Waals surface area contributed by atoms with E-state index >= 15 is 0 Å². The third-order valence-corrected chi connectivity index (χ3v) is 9.16. The summed E-state index contributed by atoms with van der Waals surface area (Å²) in [7, 11) is -11.0. The van der Waals surface area contributed by atoms with Gasteiger partial charge in [0.1, 0.15) is 22.1 Å². The third-order valence-electron chi connectivity index (χ3n) is 4.39. The van der Waals surface area contributed by atoms with Crippen molar-refractivity contribution in [3.05, 3.63) is 72.3 Å². The molecular formula is C21H21NO8S3. The molecule has 12 heteroatoms. The van der Waals surface area contributed by atoms with Crippen molar-refractivity contribution >= 4 is 29.9 Å². The number of hydrogen-bond acceptors (Lipinski definition) is 8. The minimum atomic E-state index is -4.46. The molecule has 0 unspecified atom stereocenters. The maximum Gasteiger partial charge on any atom is 0.257 e. The molecule has 0 amide bonds. The van der Waals surface area contributed by atoms with Crippen molar-refractivity contribution in [3.8, 4) is 17.2 Å². The van der Waals surface area contributed by atoms with Gasteiger partial charge in [0, 0.05) is 6.07 Å². The van der Waals surface area contributed by atoms with Crippen molar-refractivity contribution in [2.75, 3.05) is 13.4 Å². The number of sulfonamides is 2. The number of ether oxygens (including phenoxy) is 2. The molecule has 1 N–H and O–H groups in total. The number of methoxy groups -OCH3 is 1. The number of hydrogen-bond donors (Lipinski definition) is 1. The fraction of sp³-hybridized carbons (Fsp3) is 0.143. The number of aryl methyl sites for hydroxylation is 1. The average molecular weight is 512 g/mol. The maximum atomic E-state index is 12.8. The quantitative estimate of drug-likeness (QED) is 0.488. The molecule has 0 aliphatic heterocycles. The van der Waals surface area contributed by atoms with Crippen molar-refractivity contribution in [2.45, 2.75) is 21.6 Å². The lowest BCUT2D eigenvalue weighted by atomic mass is 10.2. The molecule has 0 saturated carbocycles. The molecule has 0 spiro atoms. The Bertz CT molecular complexity index is 1480. The molecule has 0 atom stereocenters. The molecule has 3 aromatic rings. The van der Waals surface area contributed by atoms with Crippen molar-refractivity contribution < 1.29 is 34.7 Å². The highest BCUT2D eigenvalue weighted by molar-refractivity contribution is 8.04. The Hall–Kier alpha value is -2.93. The van der Waals surface area contributed by atoms with E-state index in [9.17, 15) is 25.3 Å². The fourth-order valence-corrected chi connectivity index (χ4v) is 6.75. The van der Waals surface area contributed by atoms with E-state index in [1.807, 2.05) is 6.92 Å². The van der Waals surface area contributed by atoms with E-state index in [-0.39, 0.29) is 27.0 Å². The predicted molar refractivity (Wildman–Crippen MR) is 121 cm³/mol. The standard InChI is InChI=1S/C21H21NO8S3/c1-15-4-9-18(10-5-15)32(25,26)19-11-6-16(7-12-19)30-17-8-13-20(29-2)21(14-17)33(27,28)22-31(3,23)24/h4-14,22H,1-3H3. The molecule has 0 fully saturated rings. The highest BCUT2D eigenvalue weighted by Gasteiger charge is 2.24. The molecule has 0 aliphatic carbocycles. The van der Waals surface area contributed by atoms with E-state index in [2.05, 4.69) is 0 Å². The van der Waals surface area contributed by atoms with E-state index < -0.39 is 34.8 Å². The summed E-state index contributed by atoms with van der Waals surface area (Å²) in [5.74, 6) is 0.222. The van der Waals surface area contributed by atoms with Crippen LogP contribution >= 0.6 is 0 Å². The largest absolute Gasteiger partial charge is 0.495 e. The van der Waals surface area contributed by atoms with Crippen LogP contribution < -0.4 is 13.6 Å². The van der Waals surface area contributed by atoms with Crippen molar-refractivity contribution in [2.24, 2.45) is 0 Å². The minimum Gasteiger partial charge on any atom is -0.495 e. The Kier molecular flexibility index (Phi) is 6.84. The summed E-state index contributed by atoms with van der Waals surface area (Å²) in [6.45, 7) is 1.86. The zero-order chi connectivity index (χ0) is 24.4. The van der Waals surface area contributed by atoms with Gasteiger partial charge in [-0.3, -0.25) is 0 Å². The number of benzene rings is 3. The highest BCUT2D eigenvalue weighted by atomic mass is 32.3. The first kappa shape index (κ1) is 24.7.